The number of alkyl halides is 1. The zero-order chi connectivity index (χ0) is 40.6. The molecule has 0 unspecified atom stereocenters. The number of aromatic nitrogens is 1. The molecule has 302 valence electrons. The van der Waals surface area contributed by atoms with Gasteiger partial charge in [0.1, 0.15) is 30.0 Å². The smallest absolute Gasteiger partial charge is 0.312 e. The number of aryl methyl sites for hydroxylation is 1. The molecule has 17 heteroatoms. The van der Waals surface area contributed by atoms with Crippen molar-refractivity contribution in [2.75, 3.05) is 26.1 Å². The van der Waals surface area contributed by atoms with Gasteiger partial charge in [0.2, 0.25) is 29.5 Å². The Morgan fingerprint density at radius 3 is 2.38 bits per heavy atom. The third kappa shape index (κ3) is 12.7. The molecular weight excluding hydrogens is 744 g/mol. The molecular formula is C39H51ClN8O8. The van der Waals surface area contributed by atoms with Crippen LogP contribution in [0.5, 0.6) is 0 Å². The second-order valence-electron chi connectivity index (χ2n) is 13.7. The molecule has 56 heavy (non-hydrogen) atoms. The third-order valence-electron chi connectivity index (χ3n) is 9.63. The van der Waals surface area contributed by atoms with E-state index in [9.17, 15) is 33.6 Å². The number of urea groups is 1. The predicted octanol–water partition coefficient (Wildman–Crippen LogP) is 1.81. The Morgan fingerprint density at radius 2 is 1.66 bits per heavy atom. The topological polar surface area (TPSA) is 234 Å². The van der Waals surface area contributed by atoms with E-state index < -0.39 is 71.6 Å². The van der Waals surface area contributed by atoms with Gasteiger partial charge in [-0.25, -0.2) is 4.79 Å². The molecule has 1 fully saturated rings. The number of hydrogen-bond donors (Lipinski definition) is 7. The molecule has 8 N–H and O–H groups in total. The summed E-state index contributed by atoms with van der Waals surface area (Å²) in [7, 11) is 1.21. The van der Waals surface area contributed by atoms with E-state index in [0.29, 0.717) is 19.3 Å². The predicted molar refractivity (Wildman–Crippen MR) is 209 cm³/mol. The molecule has 0 aliphatic carbocycles. The maximum Gasteiger partial charge on any atom is 0.312 e. The maximum atomic E-state index is 14.3. The Hall–Kier alpha value is -5.64. The van der Waals surface area contributed by atoms with E-state index in [-0.39, 0.29) is 51.7 Å². The van der Waals surface area contributed by atoms with Gasteiger partial charge in [-0.05, 0) is 62.6 Å². The van der Waals surface area contributed by atoms with Crippen molar-refractivity contribution >= 4 is 64.0 Å². The summed E-state index contributed by atoms with van der Waals surface area (Å²) in [6.07, 6.45) is 3.49. The van der Waals surface area contributed by atoms with E-state index in [0.717, 1.165) is 27.6 Å². The van der Waals surface area contributed by atoms with Crippen LogP contribution in [-0.4, -0.2) is 102 Å². The van der Waals surface area contributed by atoms with E-state index in [1.807, 2.05) is 55.5 Å². The number of nitrogens with zero attached hydrogens (tertiary/aromatic N) is 1. The average molecular weight is 795 g/mol. The quantitative estimate of drug-likeness (QED) is 0.0536. The van der Waals surface area contributed by atoms with Gasteiger partial charge in [0.25, 0.3) is 0 Å². The molecule has 1 saturated heterocycles. The number of benzene rings is 2. The van der Waals surface area contributed by atoms with Gasteiger partial charge < -0.3 is 46.9 Å². The van der Waals surface area contributed by atoms with Crippen LogP contribution in [-0.2, 0) is 46.5 Å². The lowest BCUT2D eigenvalue weighted by Crippen LogP contribution is -2.60. The number of primary amides is 1. The molecule has 1 aromatic heterocycles. The van der Waals surface area contributed by atoms with Crippen LogP contribution in [0.4, 0.5) is 4.79 Å². The molecule has 4 atom stereocenters. The third-order valence-corrected chi connectivity index (χ3v) is 9.87. The lowest BCUT2D eigenvalue weighted by molar-refractivity contribution is -0.146. The molecule has 2 heterocycles. The number of ether oxygens (including phenoxy) is 1. The Morgan fingerprint density at radius 1 is 0.911 bits per heavy atom. The van der Waals surface area contributed by atoms with Crippen molar-refractivity contribution in [2.45, 2.75) is 89.0 Å². The Kier molecular flexibility index (Phi) is 16.5. The van der Waals surface area contributed by atoms with Crippen LogP contribution < -0.4 is 32.3 Å². The number of amides is 7. The highest BCUT2D eigenvalue weighted by molar-refractivity contribution is 6.27. The van der Waals surface area contributed by atoms with E-state index in [2.05, 4.69) is 31.6 Å². The molecule has 2 aromatic carbocycles. The number of H-pyrrole nitrogens is 1. The number of likely N-dealkylation sites (tertiary alicyclic amines) is 1. The fourth-order valence-electron chi connectivity index (χ4n) is 6.60. The lowest BCUT2D eigenvalue weighted by atomic mass is 9.97. The highest BCUT2D eigenvalue weighted by Crippen LogP contribution is 2.22. The summed E-state index contributed by atoms with van der Waals surface area (Å²) >= 11 is 5.71. The number of carbonyl (C=O) groups is 7. The first-order valence-corrected chi connectivity index (χ1v) is 19.2. The molecule has 1 aliphatic heterocycles. The van der Waals surface area contributed by atoms with Gasteiger partial charge in [-0.2, -0.15) is 0 Å². The average Bonchev–Trinajstić information content (AvgIpc) is 3.61. The van der Waals surface area contributed by atoms with Gasteiger partial charge in [0, 0.05) is 49.6 Å². The van der Waals surface area contributed by atoms with Crippen molar-refractivity contribution in [1.29, 1.82) is 0 Å². The van der Waals surface area contributed by atoms with E-state index in [1.165, 1.54) is 12.0 Å². The number of nitrogens with two attached hydrogens (primary N) is 1. The first-order valence-electron chi connectivity index (χ1n) is 18.6. The van der Waals surface area contributed by atoms with Gasteiger partial charge in [-0.1, -0.05) is 48.0 Å². The SMILES string of the molecule is COC(=O)CC[C@H](NC(=O)CCl)C(=O)N1CCCC[C@H]1C(=O)N[C@@H](Cc1c[nH]c2ccccc12)C(=O)N[C@@H](CCCNC(N)=O)C(=O)NCc1ccc(C)cc1. The number of carbonyl (C=O) groups excluding carboxylic acids is 7. The number of nitrogens with one attached hydrogen (secondary N) is 6. The zero-order valence-electron chi connectivity index (χ0n) is 31.7. The van der Waals surface area contributed by atoms with Crippen LogP contribution in [0.1, 0.15) is 61.6 Å². The number of hydrogen-bond acceptors (Lipinski definition) is 8. The van der Waals surface area contributed by atoms with Crippen molar-refractivity contribution in [2.24, 2.45) is 5.73 Å². The summed E-state index contributed by atoms with van der Waals surface area (Å²) in [5.41, 5.74) is 8.70. The molecule has 4 rings (SSSR count). The van der Waals surface area contributed by atoms with Crippen LogP contribution in [0, 0.1) is 6.92 Å². The number of halogens is 1. The Bertz CT molecular complexity index is 1850. The van der Waals surface area contributed by atoms with Gasteiger partial charge in [-0.15, -0.1) is 11.6 Å². The zero-order valence-corrected chi connectivity index (χ0v) is 32.4. The second-order valence-corrected chi connectivity index (χ2v) is 14.0. The fourth-order valence-corrected chi connectivity index (χ4v) is 6.67. The maximum absolute atomic E-state index is 14.3. The minimum atomic E-state index is -1.19. The van der Waals surface area contributed by atoms with Crippen LogP contribution >= 0.6 is 11.6 Å². The molecule has 0 bridgehead atoms. The van der Waals surface area contributed by atoms with E-state index in [1.54, 1.807) is 6.20 Å². The lowest BCUT2D eigenvalue weighted by Gasteiger charge is -2.37. The second kappa shape index (κ2) is 21.5. The number of para-hydroxylation sites is 1. The highest BCUT2D eigenvalue weighted by Gasteiger charge is 2.38. The molecule has 0 saturated carbocycles. The summed E-state index contributed by atoms with van der Waals surface area (Å²) in [6, 6.07) is 10.0. The number of aromatic amines is 1. The number of fused-ring (bicyclic) bond motifs is 1. The highest BCUT2D eigenvalue weighted by atomic mass is 35.5. The van der Waals surface area contributed by atoms with Gasteiger partial charge in [0.15, 0.2) is 0 Å². The Balaban J connectivity index is 1.58. The number of methoxy groups -OCH3 is 1. The van der Waals surface area contributed by atoms with Crippen molar-refractivity contribution in [3.8, 4) is 0 Å². The fraction of sp³-hybridized carbons (Fsp3) is 0.462. The molecule has 3 aromatic rings. The molecule has 16 nitrogen and oxygen atoms in total. The first-order chi connectivity index (χ1) is 26.9. The van der Waals surface area contributed by atoms with Crippen LogP contribution in [0.2, 0.25) is 0 Å². The van der Waals surface area contributed by atoms with Crippen molar-refractivity contribution in [3.05, 3.63) is 71.4 Å². The van der Waals surface area contributed by atoms with Crippen LogP contribution in [0.15, 0.2) is 54.7 Å². The molecule has 7 amide bonds. The largest absolute Gasteiger partial charge is 0.469 e. The first kappa shape index (κ1) is 43.1. The minimum absolute atomic E-state index is 0.0384. The monoisotopic (exact) mass is 794 g/mol. The molecule has 0 spiro atoms. The van der Waals surface area contributed by atoms with Crippen LogP contribution in [0.3, 0.4) is 0 Å². The van der Waals surface area contributed by atoms with E-state index >= 15 is 0 Å². The number of esters is 1. The van der Waals surface area contributed by atoms with Crippen molar-refractivity contribution in [3.63, 3.8) is 0 Å². The number of rotatable bonds is 19. The molecule has 0 radical (unpaired) electrons. The number of piperidine rings is 1. The summed E-state index contributed by atoms with van der Waals surface area (Å²) in [6.45, 7) is 2.53. The van der Waals surface area contributed by atoms with Crippen molar-refractivity contribution in [1.82, 2.24) is 36.5 Å². The Labute approximate surface area is 330 Å². The summed E-state index contributed by atoms with van der Waals surface area (Å²) in [5.74, 6) is -3.88. The van der Waals surface area contributed by atoms with Crippen molar-refractivity contribution < 1.29 is 38.3 Å². The molecule has 1 aliphatic rings. The van der Waals surface area contributed by atoms with Gasteiger partial charge in [0.05, 0.1) is 7.11 Å². The van der Waals surface area contributed by atoms with Gasteiger partial charge in [-0.3, -0.25) is 28.8 Å². The van der Waals surface area contributed by atoms with Gasteiger partial charge >= 0.3 is 12.0 Å². The normalized spacial score (nSPS) is 15.5. The summed E-state index contributed by atoms with van der Waals surface area (Å²) in [5, 5.41) is 14.4. The summed E-state index contributed by atoms with van der Waals surface area (Å²) in [4.78, 5) is 96.0. The minimum Gasteiger partial charge on any atom is -0.469 e. The summed E-state index contributed by atoms with van der Waals surface area (Å²) < 4.78 is 4.72. The van der Waals surface area contributed by atoms with E-state index in [4.69, 9.17) is 22.1 Å². The van der Waals surface area contributed by atoms with Crippen LogP contribution in [0.25, 0.3) is 10.9 Å². The standard InChI is InChI=1S/C39H51ClN8O8/c1-24-12-14-25(15-13-24)22-44-35(51)29(10-7-18-42-39(41)55)46-36(52)31(20-26-23-43-28-9-4-3-8-27(26)28)47-37(53)32-11-5-6-19-48(32)38(54)30(45-33(49)21-40)16-17-34(50)56-2/h3-4,8-9,12-15,23,29-32,43H,5-7,10-11,16-22H2,1-2H3,(H,44,51)(H,45,49)(H,46,52)(H,47,53)(H3,41,42,55)/t29-,30-,31-,32-/m0/s1.